The summed E-state index contributed by atoms with van der Waals surface area (Å²) >= 11 is 1.42. The zero-order valence-corrected chi connectivity index (χ0v) is 10.2. The van der Waals surface area contributed by atoms with Gasteiger partial charge in [-0.05, 0) is 29.6 Å². The van der Waals surface area contributed by atoms with Crippen LogP contribution in [0.1, 0.15) is 9.67 Å². The molecule has 2 aromatic rings. The molecule has 1 aromatic heterocycles. The molecule has 0 bridgehead atoms. The first-order chi connectivity index (χ1) is 8.16. The lowest BCUT2D eigenvalue weighted by atomic mass is 10.2. The molecule has 2 rings (SSSR count). The van der Waals surface area contributed by atoms with Gasteiger partial charge < -0.3 is 4.90 Å². The number of hydrogen-bond acceptors (Lipinski definition) is 3. The lowest BCUT2D eigenvalue weighted by Gasteiger charge is -2.17. The number of hydrogen-bond donors (Lipinski definition) is 0. The van der Waals surface area contributed by atoms with Gasteiger partial charge >= 0.3 is 0 Å². The van der Waals surface area contributed by atoms with E-state index in [9.17, 15) is 9.18 Å². The van der Waals surface area contributed by atoms with Gasteiger partial charge in [0.25, 0.3) is 0 Å². The van der Waals surface area contributed by atoms with Crippen molar-refractivity contribution >= 4 is 22.8 Å². The van der Waals surface area contributed by atoms with Crippen LogP contribution in [-0.4, -0.2) is 19.4 Å². The van der Waals surface area contributed by atoms with Gasteiger partial charge in [-0.15, -0.1) is 11.3 Å². The van der Waals surface area contributed by atoms with E-state index in [1.165, 1.54) is 23.5 Å². The van der Waals surface area contributed by atoms with Gasteiger partial charge in [0.15, 0.2) is 5.78 Å². The van der Waals surface area contributed by atoms with Crippen LogP contribution in [-0.2, 0) is 0 Å². The highest BCUT2D eigenvalue weighted by atomic mass is 32.1. The second kappa shape index (κ2) is 5.10. The van der Waals surface area contributed by atoms with E-state index in [0.29, 0.717) is 5.69 Å². The summed E-state index contributed by atoms with van der Waals surface area (Å²) in [5.74, 6) is -0.246. The standard InChI is InChI=1S/C13H12FNOS/c1-15(11-5-2-4-10(14)8-11)9-12(16)13-6-3-7-17-13/h2-8H,9H2,1H3. The average molecular weight is 249 g/mol. The number of halogens is 1. The molecule has 0 radical (unpaired) electrons. The molecule has 0 saturated heterocycles. The largest absolute Gasteiger partial charge is 0.367 e. The third kappa shape index (κ3) is 2.91. The van der Waals surface area contributed by atoms with Gasteiger partial charge in [0.2, 0.25) is 0 Å². The van der Waals surface area contributed by atoms with Crippen LogP contribution in [0.2, 0.25) is 0 Å². The van der Waals surface area contributed by atoms with Crippen LogP contribution in [0.15, 0.2) is 41.8 Å². The van der Waals surface area contributed by atoms with Crippen molar-refractivity contribution in [3.05, 3.63) is 52.5 Å². The van der Waals surface area contributed by atoms with Crippen LogP contribution >= 0.6 is 11.3 Å². The van der Waals surface area contributed by atoms with E-state index in [1.54, 1.807) is 30.1 Å². The van der Waals surface area contributed by atoms with Gasteiger partial charge in [-0.2, -0.15) is 0 Å². The van der Waals surface area contributed by atoms with Crippen molar-refractivity contribution in [2.45, 2.75) is 0 Å². The first-order valence-electron chi connectivity index (χ1n) is 5.20. The minimum atomic E-state index is -0.294. The molecule has 0 aliphatic carbocycles. The van der Waals surface area contributed by atoms with Crippen LogP contribution in [0.5, 0.6) is 0 Å². The number of carbonyl (C=O) groups is 1. The highest BCUT2D eigenvalue weighted by Gasteiger charge is 2.10. The van der Waals surface area contributed by atoms with E-state index in [2.05, 4.69) is 0 Å². The van der Waals surface area contributed by atoms with E-state index >= 15 is 0 Å². The Kier molecular flexibility index (Phi) is 3.54. The first-order valence-corrected chi connectivity index (χ1v) is 6.08. The van der Waals surface area contributed by atoms with Crippen molar-refractivity contribution in [3.8, 4) is 0 Å². The molecule has 17 heavy (non-hydrogen) atoms. The van der Waals surface area contributed by atoms with Crippen LogP contribution in [0.25, 0.3) is 0 Å². The summed E-state index contributed by atoms with van der Waals surface area (Å²) in [7, 11) is 1.78. The number of Topliss-reactive ketones (excluding diaryl/α,β-unsaturated/α-hetero) is 1. The topological polar surface area (TPSA) is 20.3 Å². The van der Waals surface area contributed by atoms with E-state index in [4.69, 9.17) is 0 Å². The third-order valence-electron chi connectivity index (χ3n) is 2.43. The van der Waals surface area contributed by atoms with Gasteiger partial charge in [-0.25, -0.2) is 4.39 Å². The van der Waals surface area contributed by atoms with Gasteiger partial charge in [-0.1, -0.05) is 12.1 Å². The molecule has 0 aliphatic rings. The normalized spacial score (nSPS) is 10.2. The number of ketones is 1. The maximum Gasteiger partial charge on any atom is 0.191 e. The van der Waals surface area contributed by atoms with E-state index in [-0.39, 0.29) is 18.1 Å². The molecule has 1 aromatic carbocycles. The highest BCUT2D eigenvalue weighted by molar-refractivity contribution is 7.12. The molecule has 1 heterocycles. The zero-order valence-electron chi connectivity index (χ0n) is 9.39. The van der Waals surface area contributed by atoms with Crippen LogP contribution < -0.4 is 4.90 Å². The zero-order chi connectivity index (χ0) is 12.3. The summed E-state index contributed by atoms with van der Waals surface area (Å²) < 4.78 is 13.0. The molecule has 0 fully saturated rings. The fourth-order valence-corrected chi connectivity index (χ4v) is 2.19. The van der Waals surface area contributed by atoms with E-state index < -0.39 is 0 Å². The van der Waals surface area contributed by atoms with Crippen molar-refractivity contribution in [2.24, 2.45) is 0 Å². The maximum atomic E-state index is 13.0. The summed E-state index contributed by atoms with van der Waals surface area (Å²) in [6.07, 6.45) is 0. The Bertz CT molecular complexity index is 510. The van der Waals surface area contributed by atoms with Gasteiger partial charge in [0.05, 0.1) is 11.4 Å². The Morgan fingerprint density at radius 2 is 2.18 bits per heavy atom. The molecule has 2 nitrogen and oxygen atoms in total. The Labute approximate surface area is 103 Å². The van der Waals surface area contributed by atoms with Crippen molar-refractivity contribution in [1.82, 2.24) is 0 Å². The molecular formula is C13H12FNOS. The number of nitrogens with zero attached hydrogens (tertiary/aromatic N) is 1. The SMILES string of the molecule is CN(CC(=O)c1cccs1)c1cccc(F)c1. The molecule has 0 amide bonds. The van der Waals surface area contributed by atoms with Crippen molar-refractivity contribution in [1.29, 1.82) is 0 Å². The number of benzene rings is 1. The van der Waals surface area contributed by atoms with Crippen LogP contribution in [0.4, 0.5) is 10.1 Å². The molecular weight excluding hydrogens is 237 g/mol. The van der Waals surface area contributed by atoms with Gasteiger partial charge in [0, 0.05) is 12.7 Å². The molecule has 4 heteroatoms. The first kappa shape index (κ1) is 11.8. The summed E-state index contributed by atoms with van der Waals surface area (Å²) in [5.41, 5.74) is 0.704. The predicted molar refractivity (Wildman–Crippen MR) is 68.3 cm³/mol. The molecule has 0 spiro atoms. The number of rotatable bonds is 4. The van der Waals surface area contributed by atoms with Crippen molar-refractivity contribution in [3.63, 3.8) is 0 Å². The Balaban J connectivity index is 2.07. The average Bonchev–Trinajstić information content (AvgIpc) is 2.82. The summed E-state index contributed by atoms with van der Waals surface area (Å²) in [6, 6.07) is 9.87. The van der Waals surface area contributed by atoms with Crippen molar-refractivity contribution in [2.75, 3.05) is 18.5 Å². The minimum Gasteiger partial charge on any atom is -0.367 e. The monoisotopic (exact) mass is 249 g/mol. The molecule has 88 valence electrons. The molecule has 0 aliphatic heterocycles. The predicted octanol–water partition coefficient (Wildman–Crippen LogP) is 3.21. The van der Waals surface area contributed by atoms with Crippen LogP contribution in [0, 0.1) is 5.82 Å². The number of carbonyl (C=O) groups excluding carboxylic acids is 1. The summed E-state index contributed by atoms with van der Waals surface area (Å²) in [6.45, 7) is 0.254. The minimum absolute atomic E-state index is 0.0479. The van der Waals surface area contributed by atoms with Gasteiger partial charge in [0.1, 0.15) is 5.82 Å². The van der Waals surface area contributed by atoms with Crippen molar-refractivity contribution < 1.29 is 9.18 Å². The second-order valence-electron chi connectivity index (χ2n) is 3.74. The van der Waals surface area contributed by atoms with E-state index in [1.807, 2.05) is 11.4 Å². The number of likely N-dealkylation sites (N-methyl/N-ethyl adjacent to an activating group) is 1. The third-order valence-corrected chi connectivity index (χ3v) is 3.34. The molecule has 0 N–H and O–H groups in total. The molecule has 0 saturated carbocycles. The fourth-order valence-electron chi connectivity index (χ4n) is 1.54. The lowest BCUT2D eigenvalue weighted by molar-refractivity contribution is 0.100. The van der Waals surface area contributed by atoms with Crippen LogP contribution in [0.3, 0.4) is 0 Å². The maximum absolute atomic E-state index is 13.0. The Morgan fingerprint density at radius 3 is 2.82 bits per heavy atom. The second-order valence-corrected chi connectivity index (χ2v) is 4.68. The van der Waals surface area contributed by atoms with Gasteiger partial charge in [-0.3, -0.25) is 4.79 Å². The number of anilines is 1. The highest BCUT2D eigenvalue weighted by Crippen LogP contribution is 2.16. The lowest BCUT2D eigenvalue weighted by Crippen LogP contribution is -2.25. The molecule has 0 atom stereocenters. The Morgan fingerprint density at radius 1 is 1.35 bits per heavy atom. The smallest absolute Gasteiger partial charge is 0.191 e. The summed E-state index contributed by atoms with van der Waals surface area (Å²) in [4.78, 5) is 14.3. The van der Waals surface area contributed by atoms with E-state index in [0.717, 1.165) is 4.88 Å². The molecule has 0 unspecified atom stereocenters. The summed E-state index contributed by atoms with van der Waals surface area (Å²) in [5, 5.41) is 1.87. The fraction of sp³-hybridized carbons (Fsp3) is 0.154. The Hall–Kier alpha value is -1.68. The number of thiophene rings is 1. The quantitative estimate of drug-likeness (QED) is 0.775.